The van der Waals surface area contributed by atoms with Crippen LogP contribution >= 0.6 is 0 Å². The second kappa shape index (κ2) is 5.85. The molecular formula is C16H16O2S. The van der Waals surface area contributed by atoms with Crippen LogP contribution in [0.2, 0.25) is 0 Å². The Morgan fingerprint density at radius 3 is 2.11 bits per heavy atom. The van der Waals surface area contributed by atoms with Gasteiger partial charge in [-0.05, 0) is 44.0 Å². The minimum atomic E-state index is 0.396. The van der Waals surface area contributed by atoms with Gasteiger partial charge < -0.3 is 4.74 Å². The van der Waals surface area contributed by atoms with Crippen LogP contribution in [0, 0.1) is 20.8 Å². The first-order valence-electron chi connectivity index (χ1n) is 6.09. The van der Waals surface area contributed by atoms with Gasteiger partial charge in [-0.1, -0.05) is 35.9 Å². The number of rotatable bonds is 2. The molecule has 0 aliphatic heterocycles. The molecular weight excluding hydrogens is 256 g/mol. The third-order valence-corrected chi connectivity index (χ3v) is 3.35. The molecule has 3 heteroatoms. The molecule has 0 N–H and O–H groups in total. The fourth-order valence-corrected chi connectivity index (χ4v) is 2.74. The van der Waals surface area contributed by atoms with Crippen LogP contribution in [0.25, 0.3) is 0 Å². The lowest BCUT2D eigenvalue weighted by Gasteiger charge is -2.12. The first-order valence-corrected chi connectivity index (χ1v) is 6.84. The van der Waals surface area contributed by atoms with E-state index in [1.54, 1.807) is 0 Å². The van der Waals surface area contributed by atoms with Crippen molar-refractivity contribution in [3.8, 4) is 5.75 Å². The molecule has 0 fully saturated rings. The summed E-state index contributed by atoms with van der Waals surface area (Å²) in [6.07, 6.45) is 0. The molecule has 0 unspecified atom stereocenters. The van der Waals surface area contributed by atoms with Crippen molar-refractivity contribution in [1.29, 1.82) is 0 Å². The van der Waals surface area contributed by atoms with Crippen molar-refractivity contribution in [2.24, 2.45) is 0 Å². The predicted molar refractivity (Wildman–Crippen MR) is 80.0 cm³/mol. The summed E-state index contributed by atoms with van der Waals surface area (Å²) < 4.78 is 17.1. The first kappa shape index (κ1) is 13.6. The maximum atomic E-state index is 11.4. The zero-order valence-electron chi connectivity index (χ0n) is 11.3. The zero-order chi connectivity index (χ0) is 13.8. The Balaban J connectivity index is 2.42. The summed E-state index contributed by atoms with van der Waals surface area (Å²) in [5, 5.41) is 0.404. The van der Waals surface area contributed by atoms with E-state index < -0.39 is 0 Å². The average Bonchev–Trinajstić information content (AvgIpc) is 2.37. The number of hydrogen-bond donors (Lipinski definition) is 0. The van der Waals surface area contributed by atoms with Crippen LogP contribution < -0.4 is 4.74 Å². The van der Waals surface area contributed by atoms with Gasteiger partial charge in [-0.25, -0.2) is 4.21 Å². The molecule has 98 valence electrons. The van der Waals surface area contributed by atoms with Gasteiger partial charge >= 0.3 is 0 Å². The van der Waals surface area contributed by atoms with Gasteiger partial charge in [-0.2, -0.15) is 0 Å². The van der Waals surface area contributed by atoms with E-state index in [1.165, 1.54) is 5.56 Å². The Morgan fingerprint density at radius 1 is 1.00 bits per heavy atom. The lowest BCUT2D eigenvalue weighted by Crippen LogP contribution is -2.13. The molecule has 0 saturated carbocycles. The van der Waals surface area contributed by atoms with Crippen LogP contribution in [0.5, 0.6) is 5.75 Å². The standard InChI is InChI=1S/C16H16O2S/c1-11-9-12(2)15(13(3)10-11)16(19-17)18-14-7-5-4-6-8-14/h4-10H,1-3H3. The topological polar surface area (TPSA) is 26.3 Å². The lowest BCUT2D eigenvalue weighted by molar-refractivity contribution is 0.563. The Bertz CT molecular complexity index is 618. The molecule has 0 amide bonds. The van der Waals surface area contributed by atoms with Crippen molar-refractivity contribution < 1.29 is 8.95 Å². The van der Waals surface area contributed by atoms with Gasteiger partial charge in [-0.15, -0.1) is 0 Å². The van der Waals surface area contributed by atoms with Gasteiger partial charge in [0.2, 0.25) is 5.05 Å². The van der Waals surface area contributed by atoms with E-state index in [9.17, 15) is 4.21 Å². The van der Waals surface area contributed by atoms with E-state index in [2.05, 4.69) is 12.1 Å². The fourth-order valence-electron chi connectivity index (χ4n) is 2.21. The lowest BCUT2D eigenvalue weighted by atomic mass is 10.0. The van der Waals surface area contributed by atoms with Gasteiger partial charge in [0, 0.05) is 5.56 Å². The summed E-state index contributed by atoms with van der Waals surface area (Å²) in [7, 11) is 0. The summed E-state index contributed by atoms with van der Waals surface area (Å²) in [6, 6.07) is 13.5. The molecule has 0 spiro atoms. The Labute approximate surface area is 117 Å². The van der Waals surface area contributed by atoms with E-state index in [-0.39, 0.29) is 0 Å². The van der Waals surface area contributed by atoms with E-state index in [4.69, 9.17) is 4.74 Å². The largest absolute Gasteiger partial charge is 0.443 e. The molecule has 0 saturated heterocycles. The fraction of sp³-hybridized carbons (Fsp3) is 0.188. The van der Waals surface area contributed by atoms with Crippen LogP contribution in [0.1, 0.15) is 22.3 Å². The summed E-state index contributed by atoms with van der Waals surface area (Å²) >= 11 is 0.396. The molecule has 0 heterocycles. The highest BCUT2D eigenvalue weighted by molar-refractivity contribution is 7.66. The molecule has 2 aromatic rings. The highest BCUT2D eigenvalue weighted by Crippen LogP contribution is 2.19. The van der Waals surface area contributed by atoms with E-state index in [0.717, 1.165) is 16.7 Å². The quantitative estimate of drug-likeness (QED) is 0.783. The van der Waals surface area contributed by atoms with E-state index in [1.807, 2.05) is 51.1 Å². The summed E-state index contributed by atoms with van der Waals surface area (Å²) in [6.45, 7) is 6.05. The minimum absolute atomic E-state index is 0.396. The van der Waals surface area contributed by atoms with Crippen molar-refractivity contribution in [1.82, 2.24) is 0 Å². The summed E-state index contributed by atoms with van der Waals surface area (Å²) in [5.74, 6) is 0.681. The van der Waals surface area contributed by atoms with E-state index >= 15 is 0 Å². The first-order chi connectivity index (χ1) is 9.11. The molecule has 0 atom stereocenters. The maximum absolute atomic E-state index is 11.4. The Morgan fingerprint density at radius 2 is 1.58 bits per heavy atom. The van der Waals surface area contributed by atoms with E-state index in [0.29, 0.717) is 22.1 Å². The van der Waals surface area contributed by atoms with Crippen LogP contribution in [0.4, 0.5) is 0 Å². The molecule has 2 nitrogen and oxygen atoms in total. The van der Waals surface area contributed by atoms with Gasteiger partial charge in [-0.3, -0.25) is 0 Å². The van der Waals surface area contributed by atoms with Crippen molar-refractivity contribution in [2.75, 3.05) is 0 Å². The zero-order valence-corrected chi connectivity index (χ0v) is 12.1. The van der Waals surface area contributed by atoms with Crippen molar-refractivity contribution in [2.45, 2.75) is 20.8 Å². The normalized spacial score (nSPS) is 10.1. The van der Waals surface area contributed by atoms with Gasteiger partial charge in [0.1, 0.15) is 17.0 Å². The summed E-state index contributed by atoms with van der Waals surface area (Å²) in [5.41, 5.74) is 4.21. The SMILES string of the molecule is Cc1cc(C)c(C(Oc2ccccc2)=S=O)c(C)c1. The number of benzene rings is 2. The molecule has 0 aliphatic rings. The predicted octanol–water partition coefficient (Wildman–Crippen LogP) is 3.38. The molecule has 0 aromatic heterocycles. The highest BCUT2D eigenvalue weighted by atomic mass is 32.1. The smallest absolute Gasteiger partial charge is 0.227 e. The van der Waals surface area contributed by atoms with Crippen LogP contribution in [-0.4, -0.2) is 9.26 Å². The summed E-state index contributed by atoms with van der Waals surface area (Å²) in [4.78, 5) is 0. The Kier molecular flexibility index (Phi) is 4.17. The monoisotopic (exact) mass is 272 g/mol. The number of ether oxygens (including phenoxy) is 1. The van der Waals surface area contributed by atoms with Crippen LogP contribution in [-0.2, 0) is 11.3 Å². The maximum Gasteiger partial charge on any atom is 0.227 e. The minimum Gasteiger partial charge on any atom is -0.443 e. The average molecular weight is 272 g/mol. The molecule has 19 heavy (non-hydrogen) atoms. The van der Waals surface area contributed by atoms with Crippen molar-refractivity contribution in [3.63, 3.8) is 0 Å². The van der Waals surface area contributed by atoms with Crippen molar-refractivity contribution >= 4 is 16.3 Å². The van der Waals surface area contributed by atoms with Gasteiger partial charge in [0.05, 0.1) is 0 Å². The van der Waals surface area contributed by atoms with Gasteiger partial charge in [0.15, 0.2) is 0 Å². The van der Waals surface area contributed by atoms with Crippen molar-refractivity contribution in [3.05, 3.63) is 64.7 Å². The second-order valence-corrected chi connectivity index (χ2v) is 5.10. The number of hydrogen-bond acceptors (Lipinski definition) is 2. The molecule has 0 bridgehead atoms. The van der Waals surface area contributed by atoms with Gasteiger partial charge in [0.25, 0.3) is 0 Å². The van der Waals surface area contributed by atoms with Crippen LogP contribution in [0.15, 0.2) is 42.5 Å². The molecule has 2 aromatic carbocycles. The van der Waals surface area contributed by atoms with Crippen LogP contribution in [0.3, 0.4) is 0 Å². The third-order valence-electron chi connectivity index (χ3n) is 2.91. The third kappa shape index (κ3) is 3.12. The second-order valence-electron chi connectivity index (χ2n) is 4.56. The highest BCUT2D eigenvalue weighted by Gasteiger charge is 2.12. The molecule has 0 radical (unpaired) electrons. The molecule has 0 aliphatic carbocycles. The molecule has 2 rings (SSSR count). The number of para-hydroxylation sites is 1. The Hall–Kier alpha value is -1.87. The number of aryl methyl sites for hydroxylation is 3.